The Kier molecular flexibility index (Phi) is 6.11. The first-order valence-electron chi connectivity index (χ1n) is 12.3. The van der Waals surface area contributed by atoms with Gasteiger partial charge in [0.25, 0.3) is 0 Å². The number of carbonyl (C=O) groups is 1. The first kappa shape index (κ1) is 22.9. The number of hydrogen-bond acceptors (Lipinski definition) is 8. The summed E-state index contributed by atoms with van der Waals surface area (Å²) in [4.78, 5) is 38.3. The Morgan fingerprint density at radius 1 is 0.946 bits per heavy atom. The number of H-pyrrole nitrogens is 1. The van der Waals surface area contributed by atoms with Gasteiger partial charge in [0.2, 0.25) is 0 Å². The topological polar surface area (TPSA) is 119 Å². The van der Waals surface area contributed by atoms with E-state index in [-0.39, 0.29) is 6.10 Å². The Morgan fingerprint density at radius 2 is 1.76 bits per heavy atom. The highest BCUT2D eigenvalue weighted by Gasteiger charge is 2.19. The molecule has 5 aromatic rings. The highest BCUT2D eigenvalue weighted by molar-refractivity contribution is 5.90. The molecule has 9 nitrogen and oxygen atoms in total. The maximum Gasteiger partial charge on any atom is 0.341 e. The summed E-state index contributed by atoms with van der Waals surface area (Å²) in [6, 6.07) is 13.9. The molecule has 0 aliphatic carbocycles. The van der Waals surface area contributed by atoms with Gasteiger partial charge in [-0.3, -0.25) is 9.97 Å². The first-order valence-corrected chi connectivity index (χ1v) is 12.3. The Bertz CT molecular complexity index is 1570. The lowest BCUT2D eigenvalue weighted by molar-refractivity contribution is 0.0228. The van der Waals surface area contributed by atoms with Crippen LogP contribution in [0.1, 0.15) is 28.9 Å². The van der Waals surface area contributed by atoms with Gasteiger partial charge in [-0.15, -0.1) is 0 Å². The molecule has 9 heteroatoms. The molecule has 0 atom stereocenters. The number of hydrogen-bond donors (Lipinski definition) is 2. The van der Waals surface area contributed by atoms with Crippen LogP contribution in [0.2, 0.25) is 0 Å². The standard InChI is InChI=1S/C28H25N7O2/c1-17-3-2-4-24(35-17)26-25(33-16-34-26)18-5-6-23-19(11-18)12-20(13-30-23)27-31-14-21(15-32-27)28(36)37-22-7-9-29-10-8-22/h2-6,11-16,22,29H,7-10H2,1H3,(H,33,34). The smallest absolute Gasteiger partial charge is 0.341 e. The van der Waals surface area contributed by atoms with E-state index < -0.39 is 5.97 Å². The second-order valence-electron chi connectivity index (χ2n) is 9.07. The number of nitrogens with one attached hydrogen (secondary N) is 2. The second kappa shape index (κ2) is 9.87. The number of carbonyl (C=O) groups excluding carboxylic acids is 1. The van der Waals surface area contributed by atoms with Gasteiger partial charge in [0.15, 0.2) is 5.82 Å². The lowest BCUT2D eigenvalue weighted by Gasteiger charge is -2.22. The molecule has 0 unspecified atom stereocenters. The third-order valence-corrected chi connectivity index (χ3v) is 6.44. The van der Waals surface area contributed by atoms with E-state index in [1.165, 1.54) is 12.4 Å². The summed E-state index contributed by atoms with van der Waals surface area (Å²) in [6.07, 6.45) is 8.01. The average molecular weight is 492 g/mol. The van der Waals surface area contributed by atoms with Crippen LogP contribution in [0, 0.1) is 6.92 Å². The predicted octanol–water partition coefficient (Wildman–Crippen LogP) is 4.36. The number of pyridine rings is 2. The zero-order chi connectivity index (χ0) is 25.2. The fraction of sp³-hybridized carbons (Fsp3) is 0.214. The maximum absolute atomic E-state index is 12.5. The number of aromatic nitrogens is 6. The van der Waals surface area contributed by atoms with Gasteiger partial charge in [0.05, 0.1) is 34.5 Å². The highest BCUT2D eigenvalue weighted by atomic mass is 16.5. The van der Waals surface area contributed by atoms with E-state index in [9.17, 15) is 4.79 Å². The van der Waals surface area contributed by atoms with E-state index in [0.717, 1.165) is 70.7 Å². The zero-order valence-electron chi connectivity index (χ0n) is 20.3. The van der Waals surface area contributed by atoms with Crippen molar-refractivity contribution < 1.29 is 9.53 Å². The lowest BCUT2D eigenvalue weighted by atomic mass is 10.0. The molecule has 0 saturated carbocycles. The van der Waals surface area contributed by atoms with Crippen LogP contribution < -0.4 is 5.32 Å². The molecule has 1 aliphatic rings. The van der Waals surface area contributed by atoms with Gasteiger partial charge in [-0.05, 0) is 63.2 Å². The number of aryl methyl sites for hydroxylation is 1. The van der Waals surface area contributed by atoms with Gasteiger partial charge in [-0.2, -0.15) is 0 Å². The van der Waals surface area contributed by atoms with Gasteiger partial charge in [-0.1, -0.05) is 12.1 Å². The minimum absolute atomic E-state index is 0.0657. The zero-order valence-corrected chi connectivity index (χ0v) is 20.3. The van der Waals surface area contributed by atoms with Crippen molar-refractivity contribution in [2.75, 3.05) is 13.1 Å². The van der Waals surface area contributed by atoms with E-state index in [1.54, 1.807) is 12.5 Å². The van der Waals surface area contributed by atoms with Crippen molar-refractivity contribution >= 4 is 16.9 Å². The van der Waals surface area contributed by atoms with Crippen molar-refractivity contribution in [3.8, 4) is 34.0 Å². The van der Waals surface area contributed by atoms with Gasteiger partial charge in [0, 0.05) is 40.8 Å². The second-order valence-corrected chi connectivity index (χ2v) is 9.07. The van der Waals surface area contributed by atoms with Crippen molar-refractivity contribution in [3.05, 3.63) is 78.6 Å². The van der Waals surface area contributed by atoms with Gasteiger partial charge in [0.1, 0.15) is 6.10 Å². The molecule has 0 radical (unpaired) electrons. The number of fused-ring (bicyclic) bond motifs is 1. The van der Waals surface area contributed by atoms with Crippen LogP contribution in [-0.2, 0) is 4.74 Å². The maximum atomic E-state index is 12.5. The molecule has 0 bridgehead atoms. The van der Waals surface area contributed by atoms with E-state index in [1.807, 2.05) is 49.4 Å². The molecule has 5 heterocycles. The molecule has 1 aliphatic heterocycles. The summed E-state index contributed by atoms with van der Waals surface area (Å²) < 4.78 is 5.59. The summed E-state index contributed by atoms with van der Waals surface area (Å²) in [6.45, 7) is 3.68. The Labute approximate surface area is 213 Å². The molecule has 184 valence electrons. The quantitative estimate of drug-likeness (QED) is 0.348. The number of nitrogens with zero attached hydrogens (tertiary/aromatic N) is 5. The Balaban J connectivity index is 1.27. The van der Waals surface area contributed by atoms with Crippen LogP contribution in [0.5, 0.6) is 0 Å². The number of piperidine rings is 1. The van der Waals surface area contributed by atoms with Crippen LogP contribution >= 0.6 is 0 Å². The van der Waals surface area contributed by atoms with Gasteiger partial charge >= 0.3 is 5.97 Å². The normalized spacial score (nSPS) is 14.1. The molecule has 4 aromatic heterocycles. The molecule has 37 heavy (non-hydrogen) atoms. The van der Waals surface area contributed by atoms with Crippen molar-refractivity contribution in [1.82, 2.24) is 35.2 Å². The number of benzene rings is 1. The molecular formula is C28H25N7O2. The molecule has 1 aromatic carbocycles. The van der Waals surface area contributed by atoms with E-state index >= 15 is 0 Å². The minimum Gasteiger partial charge on any atom is -0.459 e. The lowest BCUT2D eigenvalue weighted by Crippen LogP contribution is -2.33. The minimum atomic E-state index is -0.391. The molecule has 6 rings (SSSR count). The van der Waals surface area contributed by atoms with Gasteiger partial charge in [-0.25, -0.2) is 19.7 Å². The predicted molar refractivity (Wildman–Crippen MR) is 140 cm³/mol. The fourth-order valence-electron chi connectivity index (χ4n) is 4.51. The SMILES string of the molecule is Cc1cccc(-c2[nH]cnc2-c2ccc3ncc(-c4ncc(C(=O)OC5CCNCC5)cn4)cc3c2)n1. The number of ether oxygens (including phenoxy) is 1. The third-order valence-electron chi connectivity index (χ3n) is 6.44. The average Bonchev–Trinajstić information content (AvgIpc) is 3.43. The largest absolute Gasteiger partial charge is 0.459 e. The van der Waals surface area contributed by atoms with E-state index in [0.29, 0.717) is 11.4 Å². The number of aromatic amines is 1. The first-order chi connectivity index (χ1) is 18.1. The third kappa shape index (κ3) is 4.81. The van der Waals surface area contributed by atoms with Crippen LogP contribution in [0.4, 0.5) is 0 Å². The molecule has 1 saturated heterocycles. The number of imidazole rings is 1. The van der Waals surface area contributed by atoms with Crippen LogP contribution in [0.3, 0.4) is 0 Å². The molecular weight excluding hydrogens is 466 g/mol. The van der Waals surface area contributed by atoms with Crippen LogP contribution in [0.25, 0.3) is 44.9 Å². The van der Waals surface area contributed by atoms with Crippen LogP contribution in [-0.4, -0.2) is 55.1 Å². The van der Waals surface area contributed by atoms with Crippen molar-refractivity contribution in [3.63, 3.8) is 0 Å². The Morgan fingerprint density at radius 3 is 2.57 bits per heavy atom. The number of esters is 1. The van der Waals surface area contributed by atoms with Crippen molar-refractivity contribution in [2.45, 2.75) is 25.9 Å². The van der Waals surface area contributed by atoms with E-state index in [4.69, 9.17) is 4.74 Å². The van der Waals surface area contributed by atoms with Gasteiger partial charge < -0.3 is 15.0 Å². The number of rotatable bonds is 5. The highest BCUT2D eigenvalue weighted by Crippen LogP contribution is 2.31. The summed E-state index contributed by atoms with van der Waals surface area (Å²) in [7, 11) is 0. The molecule has 0 amide bonds. The summed E-state index contributed by atoms with van der Waals surface area (Å²) in [5.41, 5.74) is 6.35. The molecule has 2 N–H and O–H groups in total. The Hall–Kier alpha value is -4.50. The summed E-state index contributed by atoms with van der Waals surface area (Å²) >= 11 is 0. The van der Waals surface area contributed by atoms with Crippen LogP contribution in [0.15, 0.2) is 67.4 Å². The van der Waals surface area contributed by atoms with Crippen molar-refractivity contribution in [2.24, 2.45) is 0 Å². The van der Waals surface area contributed by atoms with Crippen molar-refractivity contribution in [1.29, 1.82) is 0 Å². The monoisotopic (exact) mass is 491 g/mol. The fourth-order valence-corrected chi connectivity index (χ4v) is 4.51. The molecule has 1 fully saturated rings. The van der Waals surface area contributed by atoms with E-state index in [2.05, 4.69) is 35.2 Å². The molecule has 0 spiro atoms. The summed E-state index contributed by atoms with van der Waals surface area (Å²) in [5, 5.41) is 4.19. The summed E-state index contributed by atoms with van der Waals surface area (Å²) in [5.74, 6) is 0.0975.